The fourth-order valence-electron chi connectivity index (χ4n) is 4.50. The largest absolute Gasteiger partial charge is 0.348 e. The molecule has 0 radical (unpaired) electrons. The summed E-state index contributed by atoms with van der Waals surface area (Å²) >= 11 is 0. The van der Waals surface area contributed by atoms with Crippen LogP contribution in [0.2, 0.25) is 0 Å². The van der Waals surface area contributed by atoms with Crippen LogP contribution in [0.5, 0.6) is 0 Å². The zero-order valence-electron chi connectivity index (χ0n) is 18.3. The van der Waals surface area contributed by atoms with Crippen LogP contribution in [0.15, 0.2) is 47.4 Å². The third-order valence-electron chi connectivity index (χ3n) is 6.52. The highest BCUT2D eigenvalue weighted by molar-refractivity contribution is 7.89. The van der Waals surface area contributed by atoms with Crippen molar-refractivity contribution in [2.75, 3.05) is 32.7 Å². The second-order valence-corrected chi connectivity index (χ2v) is 10.6. The molecule has 4 rings (SSSR count). The third-order valence-corrected chi connectivity index (χ3v) is 8.41. The standard InChI is InChI=1S/C24H31N3O3S/c1-18-10-11-21(16-19(18)2)31(29,30)27-14-12-26(13-15-27)17-24(28)25-23-9-5-7-20-6-3-4-8-22(20)23/h3-4,6,8,10-11,16,23H,5,7,9,12-15,17H2,1-2H3,(H,25,28)/t23-/m0/s1. The minimum Gasteiger partial charge on any atom is -0.348 e. The number of hydrogen-bond donors (Lipinski definition) is 1. The van der Waals surface area contributed by atoms with Gasteiger partial charge in [-0.2, -0.15) is 4.31 Å². The normalized spacial score (nSPS) is 20.3. The Morgan fingerprint density at radius 3 is 2.52 bits per heavy atom. The zero-order valence-corrected chi connectivity index (χ0v) is 19.1. The molecule has 1 amide bonds. The lowest BCUT2D eigenvalue weighted by molar-refractivity contribution is -0.123. The lowest BCUT2D eigenvalue weighted by Crippen LogP contribution is -2.51. The highest BCUT2D eigenvalue weighted by atomic mass is 32.2. The molecular formula is C24H31N3O3S. The molecule has 1 atom stereocenters. The number of rotatable bonds is 5. The van der Waals surface area contributed by atoms with Gasteiger partial charge in [-0.15, -0.1) is 0 Å². The van der Waals surface area contributed by atoms with Crippen LogP contribution in [-0.2, 0) is 21.2 Å². The molecule has 0 saturated carbocycles. The first-order valence-electron chi connectivity index (χ1n) is 11.0. The fourth-order valence-corrected chi connectivity index (χ4v) is 6.01. The second-order valence-electron chi connectivity index (χ2n) is 8.64. The SMILES string of the molecule is Cc1ccc(S(=O)(=O)N2CCN(CC(=O)N[C@H]3CCCc4ccccc43)CC2)cc1C. The lowest BCUT2D eigenvalue weighted by Gasteiger charge is -2.34. The van der Waals surface area contributed by atoms with E-state index in [9.17, 15) is 13.2 Å². The number of fused-ring (bicyclic) bond motifs is 1. The van der Waals surface area contributed by atoms with Gasteiger partial charge in [0, 0.05) is 26.2 Å². The lowest BCUT2D eigenvalue weighted by atomic mass is 9.88. The Hall–Kier alpha value is -2.22. The van der Waals surface area contributed by atoms with E-state index in [1.807, 2.05) is 30.9 Å². The van der Waals surface area contributed by atoms with Gasteiger partial charge in [-0.25, -0.2) is 8.42 Å². The summed E-state index contributed by atoms with van der Waals surface area (Å²) in [5.74, 6) is 0.00664. The third kappa shape index (κ3) is 4.84. The smallest absolute Gasteiger partial charge is 0.243 e. The van der Waals surface area contributed by atoms with Crippen molar-refractivity contribution in [2.45, 2.75) is 44.0 Å². The summed E-state index contributed by atoms with van der Waals surface area (Å²) in [5, 5.41) is 3.19. The number of carbonyl (C=O) groups is 1. The van der Waals surface area contributed by atoms with Crippen LogP contribution >= 0.6 is 0 Å². The molecular weight excluding hydrogens is 410 g/mol. The van der Waals surface area contributed by atoms with E-state index in [2.05, 4.69) is 23.5 Å². The summed E-state index contributed by atoms with van der Waals surface area (Å²) in [7, 11) is -3.50. The molecule has 1 N–H and O–H groups in total. The molecule has 2 aromatic carbocycles. The van der Waals surface area contributed by atoms with Crippen LogP contribution in [0.25, 0.3) is 0 Å². The molecule has 0 aromatic heterocycles. The number of carbonyl (C=O) groups excluding carboxylic acids is 1. The van der Waals surface area contributed by atoms with E-state index in [0.717, 1.165) is 30.4 Å². The van der Waals surface area contributed by atoms with Gasteiger partial charge < -0.3 is 5.32 Å². The van der Waals surface area contributed by atoms with E-state index in [1.165, 1.54) is 15.4 Å². The number of nitrogens with zero attached hydrogens (tertiary/aromatic N) is 2. The molecule has 1 aliphatic heterocycles. The highest BCUT2D eigenvalue weighted by Crippen LogP contribution is 2.29. The molecule has 0 unspecified atom stereocenters. The fraction of sp³-hybridized carbons (Fsp3) is 0.458. The maximum Gasteiger partial charge on any atom is 0.243 e. The van der Waals surface area contributed by atoms with E-state index < -0.39 is 10.0 Å². The number of hydrogen-bond acceptors (Lipinski definition) is 4. The van der Waals surface area contributed by atoms with Crippen LogP contribution in [0.3, 0.4) is 0 Å². The number of nitrogens with one attached hydrogen (secondary N) is 1. The van der Waals surface area contributed by atoms with Crippen molar-refractivity contribution in [3.63, 3.8) is 0 Å². The molecule has 0 bridgehead atoms. The Labute approximate surface area is 185 Å². The van der Waals surface area contributed by atoms with E-state index in [0.29, 0.717) is 37.6 Å². The molecule has 2 aromatic rings. The van der Waals surface area contributed by atoms with Gasteiger partial charge >= 0.3 is 0 Å². The monoisotopic (exact) mass is 441 g/mol. The van der Waals surface area contributed by atoms with Crippen LogP contribution in [0.1, 0.15) is 41.1 Å². The van der Waals surface area contributed by atoms with Gasteiger partial charge in [0.25, 0.3) is 0 Å². The molecule has 1 saturated heterocycles. The molecule has 1 heterocycles. The van der Waals surface area contributed by atoms with Gasteiger partial charge in [0.2, 0.25) is 15.9 Å². The van der Waals surface area contributed by atoms with Gasteiger partial charge in [-0.05, 0) is 67.5 Å². The summed E-state index contributed by atoms with van der Waals surface area (Å²) in [6.07, 6.45) is 3.11. The van der Waals surface area contributed by atoms with Crippen LogP contribution in [0.4, 0.5) is 0 Å². The van der Waals surface area contributed by atoms with E-state index in [1.54, 1.807) is 12.1 Å². The van der Waals surface area contributed by atoms with Gasteiger partial charge in [0.15, 0.2) is 0 Å². The van der Waals surface area contributed by atoms with Crippen molar-refractivity contribution in [3.05, 3.63) is 64.7 Å². The number of benzene rings is 2. The van der Waals surface area contributed by atoms with Crippen molar-refractivity contribution in [1.82, 2.24) is 14.5 Å². The average molecular weight is 442 g/mol. The van der Waals surface area contributed by atoms with Crippen molar-refractivity contribution in [3.8, 4) is 0 Å². The van der Waals surface area contributed by atoms with Crippen LogP contribution < -0.4 is 5.32 Å². The molecule has 1 fully saturated rings. The Bertz CT molecular complexity index is 1060. The van der Waals surface area contributed by atoms with Crippen molar-refractivity contribution >= 4 is 15.9 Å². The maximum absolute atomic E-state index is 13.0. The van der Waals surface area contributed by atoms with E-state index >= 15 is 0 Å². The second kappa shape index (κ2) is 9.10. The van der Waals surface area contributed by atoms with Gasteiger partial charge in [0.05, 0.1) is 17.5 Å². The van der Waals surface area contributed by atoms with Crippen molar-refractivity contribution in [1.29, 1.82) is 0 Å². The maximum atomic E-state index is 13.0. The zero-order chi connectivity index (χ0) is 22.0. The van der Waals surface area contributed by atoms with Crippen LogP contribution in [-0.4, -0.2) is 56.3 Å². The van der Waals surface area contributed by atoms with Gasteiger partial charge in [-0.3, -0.25) is 9.69 Å². The molecule has 7 heteroatoms. The van der Waals surface area contributed by atoms with E-state index in [-0.39, 0.29) is 11.9 Å². The summed E-state index contributed by atoms with van der Waals surface area (Å²) in [5.41, 5.74) is 4.60. The van der Waals surface area contributed by atoms with Crippen molar-refractivity contribution in [2.24, 2.45) is 0 Å². The number of amides is 1. The molecule has 0 spiro atoms. The average Bonchev–Trinajstić information content (AvgIpc) is 2.76. The minimum atomic E-state index is -3.50. The number of piperazine rings is 1. The summed E-state index contributed by atoms with van der Waals surface area (Å²) < 4.78 is 27.5. The first-order chi connectivity index (χ1) is 14.8. The molecule has 166 valence electrons. The number of aryl methyl sites for hydroxylation is 3. The predicted octanol–water partition coefficient (Wildman–Crippen LogP) is 2.80. The van der Waals surface area contributed by atoms with Gasteiger partial charge in [0.1, 0.15) is 0 Å². The summed E-state index contributed by atoms with van der Waals surface area (Å²) in [6, 6.07) is 13.7. The summed E-state index contributed by atoms with van der Waals surface area (Å²) in [6.45, 7) is 6.11. The topological polar surface area (TPSA) is 69.7 Å². The predicted molar refractivity (Wildman–Crippen MR) is 121 cm³/mol. The van der Waals surface area contributed by atoms with Crippen molar-refractivity contribution < 1.29 is 13.2 Å². The molecule has 2 aliphatic rings. The first-order valence-corrected chi connectivity index (χ1v) is 12.5. The number of sulfonamides is 1. The minimum absolute atomic E-state index is 0.00664. The van der Waals surface area contributed by atoms with Crippen LogP contribution in [0, 0.1) is 13.8 Å². The molecule has 6 nitrogen and oxygen atoms in total. The Kier molecular flexibility index (Phi) is 6.46. The summed E-state index contributed by atoms with van der Waals surface area (Å²) in [4.78, 5) is 15.1. The highest BCUT2D eigenvalue weighted by Gasteiger charge is 2.30. The van der Waals surface area contributed by atoms with Gasteiger partial charge in [-0.1, -0.05) is 30.3 Å². The molecule has 31 heavy (non-hydrogen) atoms. The Morgan fingerprint density at radius 2 is 1.77 bits per heavy atom. The van der Waals surface area contributed by atoms with E-state index in [4.69, 9.17) is 0 Å². The Morgan fingerprint density at radius 1 is 1.03 bits per heavy atom. The quantitative estimate of drug-likeness (QED) is 0.775. The Balaban J connectivity index is 1.32. The first kappa shape index (κ1) is 22.0. The molecule has 1 aliphatic carbocycles.